The fraction of sp³-hybridized carbons (Fsp3) is 0.136. The molecule has 0 aliphatic carbocycles. The monoisotopic (exact) mass is 435 g/mol. The second kappa shape index (κ2) is 8.76. The van der Waals surface area contributed by atoms with Gasteiger partial charge in [-0.1, -0.05) is 6.07 Å². The van der Waals surface area contributed by atoms with Crippen molar-refractivity contribution in [1.82, 2.24) is 19.7 Å². The maximum atomic E-state index is 12.6. The first-order valence-corrected chi connectivity index (χ1v) is 11.1. The largest absolute Gasteiger partial charge is 0.396 e. The third-order valence-electron chi connectivity index (χ3n) is 4.86. The Hall–Kier alpha value is -3.40. The van der Waals surface area contributed by atoms with Crippen LogP contribution in [0, 0.1) is 0 Å². The summed E-state index contributed by atoms with van der Waals surface area (Å²) in [6, 6.07) is 13.0. The Kier molecular flexibility index (Phi) is 5.90. The summed E-state index contributed by atoms with van der Waals surface area (Å²) < 4.78 is 27.7. The lowest BCUT2D eigenvalue weighted by Crippen LogP contribution is -2.26. The molecule has 3 heterocycles. The Bertz CT molecular complexity index is 1330. The number of aromatic nitrogens is 3. The van der Waals surface area contributed by atoms with Gasteiger partial charge < -0.3 is 10.8 Å². The van der Waals surface area contributed by atoms with Gasteiger partial charge in [0.05, 0.1) is 5.52 Å². The van der Waals surface area contributed by atoms with E-state index in [9.17, 15) is 8.42 Å². The molecular formula is C22H21N5O3S. The number of hydrogen-bond acceptors (Lipinski definition) is 7. The van der Waals surface area contributed by atoms with Crippen molar-refractivity contribution in [3.63, 3.8) is 0 Å². The summed E-state index contributed by atoms with van der Waals surface area (Å²) in [7, 11) is -3.86. The number of nitrogens with two attached hydrogens (primary N) is 1. The lowest BCUT2D eigenvalue weighted by Gasteiger charge is -2.12. The van der Waals surface area contributed by atoms with E-state index in [-0.39, 0.29) is 23.9 Å². The van der Waals surface area contributed by atoms with Gasteiger partial charge in [-0.3, -0.25) is 9.97 Å². The van der Waals surface area contributed by atoms with Gasteiger partial charge in [-0.15, -0.1) is 0 Å². The minimum Gasteiger partial charge on any atom is -0.396 e. The number of hydrogen-bond donors (Lipinski definition) is 3. The number of aliphatic hydroxyl groups is 1. The first kappa shape index (κ1) is 20.9. The fourth-order valence-electron chi connectivity index (χ4n) is 3.30. The molecule has 0 saturated carbocycles. The van der Waals surface area contributed by atoms with Gasteiger partial charge in [-0.25, -0.2) is 18.1 Å². The number of rotatable bonds is 7. The number of nitrogens with zero attached hydrogens (tertiary/aromatic N) is 3. The summed E-state index contributed by atoms with van der Waals surface area (Å²) >= 11 is 0. The van der Waals surface area contributed by atoms with Crippen molar-refractivity contribution in [2.24, 2.45) is 0 Å². The van der Waals surface area contributed by atoms with E-state index in [0.717, 1.165) is 27.6 Å². The number of fused-ring (bicyclic) bond motifs is 1. The number of nitrogens with one attached hydrogen (secondary N) is 1. The average Bonchev–Trinajstić information content (AvgIpc) is 2.79. The second-order valence-corrected chi connectivity index (χ2v) is 8.64. The Morgan fingerprint density at radius 1 is 0.935 bits per heavy atom. The van der Waals surface area contributed by atoms with Crippen LogP contribution in [0.5, 0.6) is 0 Å². The summed E-state index contributed by atoms with van der Waals surface area (Å²) in [6.45, 7) is 0.000660. The lowest BCUT2D eigenvalue weighted by molar-refractivity contribution is 0.289. The lowest BCUT2D eigenvalue weighted by atomic mass is 9.98. The molecule has 0 saturated heterocycles. The van der Waals surface area contributed by atoms with E-state index < -0.39 is 10.0 Å². The zero-order valence-corrected chi connectivity index (χ0v) is 17.4. The number of benzene rings is 1. The summed E-state index contributed by atoms with van der Waals surface area (Å²) in [5.41, 5.74) is 10.1. The van der Waals surface area contributed by atoms with E-state index >= 15 is 0 Å². The van der Waals surface area contributed by atoms with Gasteiger partial charge in [0.2, 0.25) is 10.0 Å². The van der Waals surface area contributed by atoms with E-state index in [2.05, 4.69) is 19.7 Å². The van der Waals surface area contributed by atoms with Crippen molar-refractivity contribution < 1.29 is 13.5 Å². The standard InChI is InChI=1S/C22H21N5O3S/c23-22-21(31(29,30)27-7-1-11-28)13-17(14-26-22)16-2-3-20-19(12-16)18(6-10-25-20)15-4-8-24-9-5-15/h2-6,8-10,12-14,27-28H,1,7,11H2,(H2,23,26). The quantitative estimate of drug-likeness (QED) is 0.380. The third kappa shape index (κ3) is 4.38. The van der Waals surface area contributed by atoms with Crippen LogP contribution in [0.25, 0.3) is 33.2 Å². The molecule has 1 aromatic carbocycles. The summed E-state index contributed by atoms with van der Waals surface area (Å²) in [5.74, 6) is -0.0832. The SMILES string of the molecule is Nc1ncc(-c2ccc3nccc(-c4ccncc4)c3c2)cc1S(=O)(=O)NCCCO. The highest BCUT2D eigenvalue weighted by atomic mass is 32.2. The van der Waals surface area contributed by atoms with Crippen LogP contribution in [0.15, 0.2) is 72.1 Å². The highest BCUT2D eigenvalue weighted by Gasteiger charge is 2.19. The van der Waals surface area contributed by atoms with Crippen LogP contribution < -0.4 is 10.5 Å². The average molecular weight is 436 g/mol. The number of pyridine rings is 3. The van der Waals surface area contributed by atoms with E-state index in [1.165, 1.54) is 6.07 Å². The van der Waals surface area contributed by atoms with Crippen LogP contribution in [0.1, 0.15) is 6.42 Å². The summed E-state index contributed by atoms with van der Waals surface area (Å²) in [5, 5.41) is 9.82. The first-order valence-electron chi connectivity index (χ1n) is 9.65. The van der Waals surface area contributed by atoms with Gasteiger partial charge in [0.1, 0.15) is 10.7 Å². The minimum absolute atomic E-state index is 0.0832. The molecular weight excluding hydrogens is 414 g/mol. The first-order chi connectivity index (χ1) is 15.0. The molecule has 0 spiro atoms. The van der Waals surface area contributed by atoms with Crippen molar-refractivity contribution in [2.45, 2.75) is 11.3 Å². The molecule has 0 unspecified atom stereocenters. The van der Waals surface area contributed by atoms with Crippen LogP contribution in [0.4, 0.5) is 5.82 Å². The van der Waals surface area contributed by atoms with Gasteiger partial charge in [-0.2, -0.15) is 0 Å². The predicted octanol–water partition coefficient (Wildman–Crippen LogP) is 2.60. The van der Waals surface area contributed by atoms with Crippen LogP contribution >= 0.6 is 0 Å². The Morgan fingerprint density at radius 2 is 1.74 bits per heavy atom. The van der Waals surface area contributed by atoms with Gasteiger partial charge in [0.15, 0.2) is 0 Å². The maximum Gasteiger partial charge on any atom is 0.244 e. The Balaban J connectivity index is 1.79. The van der Waals surface area contributed by atoms with Crippen LogP contribution in [-0.4, -0.2) is 41.6 Å². The molecule has 0 fully saturated rings. The van der Waals surface area contributed by atoms with Gasteiger partial charge >= 0.3 is 0 Å². The third-order valence-corrected chi connectivity index (χ3v) is 6.35. The van der Waals surface area contributed by atoms with Crippen LogP contribution in [0.3, 0.4) is 0 Å². The number of anilines is 1. The van der Waals surface area contributed by atoms with Gasteiger partial charge in [-0.05, 0) is 59.5 Å². The topological polar surface area (TPSA) is 131 Å². The van der Waals surface area contributed by atoms with Crippen molar-refractivity contribution in [3.8, 4) is 22.3 Å². The molecule has 4 rings (SSSR count). The van der Waals surface area contributed by atoms with Crippen molar-refractivity contribution in [1.29, 1.82) is 0 Å². The molecule has 0 amide bonds. The molecule has 9 heteroatoms. The van der Waals surface area contributed by atoms with Crippen LogP contribution in [-0.2, 0) is 10.0 Å². The van der Waals surface area contributed by atoms with Gasteiger partial charge in [0.25, 0.3) is 0 Å². The van der Waals surface area contributed by atoms with Crippen LogP contribution in [0.2, 0.25) is 0 Å². The molecule has 31 heavy (non-hydrogen) atoms. The number of sulfonamides is 1. The fourth-order valence-corrected chi connectivity index (χ4v) is 4.48. The molecule has 0 atom stereocenters. The molecule has 158 valence electrons. The molecule has 4 N–H and O–H groups in total. The molecule has 0 aliphatic heterocycles. The number of aliphatic hydroxyl groups excluding tert-OH is 1. The zero-order chi connectivity index (χ0) is 21.8. The zero-order valence-electron chi connectivity index (χ0n) is 16.6. The second-order valence-electron chi connectivity index (χ2n) is 6.91. The molecule has 0 bridgehead atoms. The molecule has 8 nitrogen and oxygen atoms in total. The predicted molar refractivity (Wildman–Crippen MR) is 120 cm³/mol. The minimum atomic E-state index is -3.86. The smallest absolute Gasteiger partial charge is 0.244 e. The van der Waals surface area contributed by atoms with Crippen molar-refractivity contribution in [3.05, 3.63) is 67.3 Å². The summed E-state index contributed by atoms with van der Waals surface area (Å²) in [6.07, 6.45) is 7.07. The van der Waals surface area contributed by atoms with E-state index in [4.69, 9.17) is 10.8 Å². The highest BCUT2D eigenvalue weighted by molar-refractivity contribution is 7.89. The Labute approximate surface area is 179 Å². The van der Waals surface area contributed by atoms with E-state index in [0.29, 0.717) is 12.0 Å². The molecule has 0 aliphatic rings. The van der Waals surface area contributed by atoms with E-state index in [1.54, 1.807) is 24.8 Å². The summed E-state index contributed by atoms with van der Waals surface area (Å²) in [4.78, 5) is 12.5. The van der Waals surface area contributed by atoms with Crippen molar-refractivity contribution in [2.75, 3.05) is 18.9 Å². The molecule has 4 aromatic rings. The highest BCUT2D eigenvalue weighted by Crippen LogP contribution is 2.32. The van der Waals surface area contributed by atoms with E-state index in [1.807, 2.05) is 36.4 Å². The molecule has 0 radical (unpaired) electrons. The van der Waals surface area contributed by atoms with Crippen molar-refractivity contribution >= 4 is 26.7 Å². The Morgan fingerprint density at radius 3 is 2.52 bits per heavy atom. The molecule has 3 aromatic heterocycles. The maximum absolute atomic E-state index is 12.6. The number of nitrogen functional groups attached to an aromatic ring is 1. The normalized spacial score (nSPS) is 11.6. The van der Waals surface area contributed by atoms with Gasteiger partial charge in [0, 0.05) is 48.9 Å².